The Hall–Kier alpha value is -2.36. The molecule has 0 radical (unpaired) electrons. The fourth-order valence-corrected chi connectivity index (χ4v) is 2.83. The Labute approximate surface area is 131 Å². The lowest BCUT2D eigenvalue weighted by atomic mass is 10.1. The number of carbonyl (C=O) groups excluding carboxylic acids is 1. The predicted octanol–water partition coefficient (Wildman–Crippen LogP) is 3.63. The second-order valence-electron chi connectivity index (χ2n) is 5.74. The number of anilines is 2. The molecule has 114 valence electrons. The van der Waals surface area contributed by atoms with E-state index in [9.17, 15) is 4.79 Å². The van der Waals surface area contributed by atoms with Crippen molar-refractivity contribution in [3.63, 3.8) is 0 Å². The second kappa shape index (κ2) is 6.60. The van der Waals surface area contributed by atoms with E-state index in [4.69, 9.17) is 0 Å². The maximum absolute atomic E-state index is 12.3. The van der Waals surface area contributed by atoms with Crippen LogP contribution in [0.4, 0.5) is 11.4 Å². The van der Waals surface area contributed by atoms with Crippen LogP contribution in [-0.4, -0.2) is 24.0 Å². The van der Waals surface area contributed by atoms with Gasteiger partial charge in [-0.1, -0.05) is 0 Å². The Balaban J connectivity index is 1.68. The number of aromatic nitrogens is 1. The van der Waals surface area contributed by atoms with Gasteiger partial charge in [0.2, 0.25) is 0 Å². The molecule has 0 bridgehead atoms. The number of rotatable bonds is 3. The van der Waals surface area contributed by atoms with Gasteiger partial charge in [-0.25, -0.2) is 0 Å². The van der Waals surface area contributed by atoms with Crippen molar-refractivity contribution in [3.8, 4) is 0 Å². The van der Waals surface area contributed by atoms with Crippen molar-refractivity contribution in [1.29, 1.82) is 0 Å². The number of carbonyl (C=O) groups is 1. The van der Waals surface area contributed by atoms with Gasteiger partial charge in [-0.3, -0.25) is 9.78 Å². The highest BCUT2D eigenvalue weighted by molar-refractivity contribution is 6.05. The first-order valence-corrected chi connectivity index (χ1v) is 7.81. The van der Waals surface area contributed by atoms with Gasteiger partial charge in [0.1, 0.15) is 0 Å². The van der Waals surface area contributed by atoms with E-state index in [1.807, 2.05) is 19.1 Å². The minimum atomic E-state index is -0.0920. The molecule has 1 aromatic carbocycles. The van der Waals surface area contributed by atoms with Crippen LogP contribution >= 0.6 is 0 Å². The number of amides is 1. The zero-order valence-electron chi connectivity index (χ0n) is 12.9. The van der Waals surface area contributed by atoms with Crippen LogP contribution < -0.4 is 10.2 Å². The fraction of sp³-hybridized carbons (Fsp3) is 0.333. The van der Waals surface area contributed by atoms with E-state index in [1.54, 1.807) is 18.5 Å². The molecule has 0 atom stereocenters. The molecule has 1 N–H and O–H groups in total. The summed E-state index contributed by atoms with van der Waals surface area (Å²) in [7, 11) is 0. The van der Waals surface area contributed by atoms with E-state index >= 15 is 0 Å². The molecule has 0 aliphatic carbocycles. The first kappa shape index (κ1) is 14.6. The van der Waals surface area contributed by atoms with Gasteiger partial charge in [0, 0.05) is 42.4 Å². The standard InChI is InChI=1S/C18H21N3O/c1-14-13-19-10-9-17(14)18(22)20-15-5-7-16(8-6-15)21-11-3-2-4-12-21/h5-10,13H,2-4,11-12H2,1H3,(H,20,22). The van der Waals surface area contributed by atoms with Crippen molar-refractivity contribution >= 4 is 17.3 Å². The number of benzene rings is 1. The third-order valence-corrected chi connectivity index (χ3v) is 4.11. The minimum absolute atomic E-state index is 0.0920. The summed E-state index contributed by atoms with van der Waals surface area (Å²) in [5.41, 5.74) is 3.60. The molecule has 4 nitrogen and oxygen atoms in total. The van der Waals surface area contributed by atoms with Gasteiger partial charge in [-0.2, -0.15) is 0 Å². The molecule has 22 heavy (non-hydrogen) atoms. The van der Waals surface area contributed by atoms with Crippen LogP contribution in [0.25, 0.3) is 0 Å². The molecular weight excluding hydrogens is 274 g/mol. The van der Waals surface area contributed by atoms with Crippen LogP contribution in [0.5, 0.6) is 0 Å². The molecule has 1 aliphatic heterocycles. The average Bonchev–Trinajstić information content (AvgIpc) is 2.57. The molecule has 2 aromatic rings. The highest BCUT2D eigenvalue weighted by Gasteiger charge is 2.12. The van der Waals surface area contributed by atoms with E-state index in [2.05, 4.69) is 27.3 Å². The third-order valence-electron chi connectivity index (χ3n) is 4.11. The Morgan fingerprint density at radius 2 is 1.82 bits per heavy atom. The quantitative estimate of drug-likeness (QED) is 0.940. The van der Waals surface area contributed by atoms with Crippen molar-refractivity contribution in [1.82, 2.24) is 4.98 Å². The lowest BCUT2D eigenvalue weighted by molar-refractivity contribution is 0.102. The molecule has 1 saturated heterocycles. The maximum Gasteiger partial charge on any atom is 0.256 e. The molecule has 0 unspecified atom stereocenters. The van der Waals surface area contributed by atoms with Crippen LogP contribution in [0.1, 0.15) is 35.2 Å². The van der Waals surface area contributed by atoms with E-state index in [1.165, 1.54) is 24.9 Å². The molecule has 0 saturated carbocycles. The zero-order valence-corrected chi connectivity index (χ0v) is 12.9. The topological polar surface area (TPSA) is 45.2 Å². The molecule has 1 fully saturated rings. The number of hydrogen-bond donors (Lipinski definition) is 1. The molecular formula is C18H21N3O. The van der Waals surface area contributed by atoms with Gasteiger partial charge >= 0.3 is 0 Å². The summed E-state index contributed by atoms with van der Waals surface area (Å²) in [6, 6.07) is 9.85. The van der Waals surface area contributed by atoms with Gasteiger partial charge in [0.25, 0.3) is 5.91 Å². The van der Waals surface area contributed by atoms with Crippen molar-refractivity contribution in [3.05, 3.63) is 53.9 Å². The average molecular weight is 295 g/mol. The number of aryl methyl sites for hydroxylation is 1. The summed E-state index contributed by atoms with van der Waals surface area (Å²) < 4.78 is 0. The predicted molar refractivity (Wildman–Crippen MR) is 89.4 cm³/mol. The zero-order chi connectivity index (χ0) is 15.4. The fourth-order valence-electron chi connectivity index (χ4n) is 2.83. The highest BCUT2D eigenvalue weighted by Crippen LogP contribution is 2.22. The van der Waals surface area contributed by atoms with Gasteiger partial charge in [0.05, 0.1) is 0 Å². The van der Waals surface area contributed by atoms with Gasteiger partial charge in [-0.15, -0.1) is 0 Å². The van der Waals surface area contributed by atoms with Gasteiger partial charge in [0.15, 0.2) is 0 Å². The van der Waals surface area contributed by atoms with Crippen LogP contribution in [-0.2, 0) is 0 Å². The second-order valence-corrected chi connectivity index (χ2v) is 5.74. The molecule has 4 heteroatoms. The number of nitrogens with one attached hydrogen (secondary N) is 1. The van der Waals surface area contributed by atoms with Crippen molar-refractivity contribution in [2.24, 2.45) is 0 Å². The summed E-state index contributed by atoms with van der Waals surface area (Å²) in [5, 5.41) is 2.94. The Morgan fingerprint density at radius 3 is 2.50 bits per heavy atom. The van der Waals surface area contributed by atoms with Gasteiger partial charge in [-0.05, 0) is 62.1 Å². The summed E-state index contributed by atoms with van der Waals surface area (Å²) in [5.74, 6) is -0.0920. The van der Waals surface area contributed by atoms with Crippen molar-refractivity contribution in [2.45, 2.75) is 26.2 Å². The number of hydrogen-bond acceptors (Lipinski definition) is 3. The Bertz CT molecular complexity index is 646. The lowest BCUT2D eigenvalue weighted by Gasteiger charge is -2.28. The summed E-state index contributed by atoms with van der Waals surface area (Å²) >= 11 is 0. The van der Waals surface area contributed by atoms with Crippen molar-refractivity contribution < 1.29 is 4.79 Å². The number of nitrogens with zero attached hydrogens (tertiary/aromatic N) is 2. The Morgan fingerprint density at radius 1 is 1.09 bits per heavy atom. The van der Waals surface area contributed by atoms with E-state index < -0.39 is 0 Å². The smallest absolute Gasteiger partial charge is 0.256 e. The lowest BCUT2D eigenvalue weighted by Crippen LogP contribution is -2.29. The van der Waals surface area contributed by atoms with Crippen LogP contribution in [0.3, 0.4) is 0 Å². The largest absolute Gasteiger partial charge is 0.372 e. The first-order chi connectivity index (χ1) is 10.7. The Kier molecular flexibility index (Phi) is 4.37. The maximum atomic E-state index is 12.3. The first-order valence-electron chi connectivity index (χ1n) is 7.81. The molecule has 1 aromatic heterocycles. The normalized spacial score (nSPS) is 14.7. The number of piperidine rings is 1. The molecule has 1 amide bonds. The van der Waals surface area contributed by atoms with Gasteiger partial charge < -0.3 is 10.2 Å². The molecule has 2 heterocycles. The highest BCUT2D eigenvalue weighted by atomic mass is 16.1. The minimum Gasteiger partial charge on any atom is -0.372 e. The van der Waals surface area contributed by atoms with Crippen LogP contribution in [0.2, 0.25) is 0 Å². The summed E-state index contributed by atoms with van der Waals surface area (Å²) in [6.07, 6.45) is 7.20. The molecule has 0 spiro atoms. The summed E-state index contributed by atoms with van der Waals surface area (Å²) in [6.45, 7) is 4.14. The molecule has 1 aliphatic rings. The van der Waals surface area contributed by atoms with E-state index in [0.29, 0.717) is 5.56 Å². The monoisotopic (exact) mass is 295 g/mol. The summed E-state index contributed by atoms with van der Waals surface area (Å²) in [4.78, 5) is 18.7. The third kappa shape index (κ3) is 3.27. The van der Waals surface area contributed by atoms with Crippen molar-refractivity contribution in [2.75, 3.05) is 23.3 Å². The van der Waals surface area contributed by atoms with E-state index in [-0.39, 0.29) is 5.91 Å². The van der Waals surface area contributed by atoms with Crippen LogP contribution in [0.15, 0.2) is 42.7 Å². The molecule has 3 rings (SSSR count). The van der Waals surface area contributed by atoms with E-state index in [0.717, 1.165) is 24.3 Å². The van der Waals surface area contributed by atoms with Crippen LogP contribution in [0, 0.1) is 6.92 Å². The SMILES string of the molecule is Cc1cnccc1C(=O)Nc1ccc(N2CCCCC2)cc1. The number of pyridine rings is 1.